The van der Waals surface area contributed by atoms with Crippen molar-refractivity contribution in [1.29, 1.82) is 0 Å². The van der Waals surface area contributed by atoms with Gasteiger partial charge in [0.15, 0.2) is 0 Å². The first kappa shape index (κ1) is 29.9. The van der Waals surface area contributed by atoms with Crippen LogP contribution in [-0.2, 0) is 32.1 Å². The Bertz CT molecular complexity index is 988. The average molecular weight is 527 g/mol. The first-order valence-corrected chi connectivity index (χ1v) is 13.9. The third kappa shape index (κ3) is 11.1. The van der Waals surface area contributed by atoms with Gasteiger partial charge in [0.2, 0.25) is 24.1 Å². The lowest BCUT2D eigenvalue weighted by Crippen LogP contribution is -2.57. The SMILES string of the molecule is CSCCC(NC=O)C(=O)NC(CC(C)C)C(=O)NC(Cc1ccccc1)C(=O)NCc1ccccc1. The molecule has 2 rings (SSSR count). The summed E-state index contributed by atoms with van der Waals surface area (Å²) in [4.78, 5) is 50.5. The lowest BCUT2D eigenvalue weighted by molar-refractivity contribution is -0.133. The number of thioether (sulfide) groups is 1. The van der Waals surface area contributed by atoms with Crippen molar-refractivity contribution >= 4 is 35.9 Å². The van der Waals surface area contributed by atoms with E-state index in [-0.39, 0.29) is 11.8 Å². The van der Waals surface area contributed by atoms with Crippen molar-refractivity contribution in [1.82, 2.24) is 21.3 Å². The molecule has 8 nitrogen and oxygen atoms in total. The van der Waals surface area contributed by atoms with Crippen LogP contribution in [-0.4, -0.2) is 54.3 Å². The van der Waals surface area contributed by atoms with Gasteiger partial charge in [0.1, 0.15) is 18.1 Å². The molecule has 0 saturated carbocycles. The van der Waals surface area contributed by atoms with Gasteiger partial charge < -0.3 is 21.3 Å². The summed E-state index contributed by atoms with van der Waals surface area (Å²) in [5.41, 5.74) is 1.85. The summed E-state index contributed by atoms with van der Waals surface area (Å²) in [6, 6.07) is 16.6. The van der Waals surface area contributed by atoms with Crippen LogP contribution in [0.5, 0.6) is 0 Å². The maximum atomic E-state index is 13.4. The predicted molar refractivity (Wildman–Crippen MR) is 148 cm³/mol. The molecule has 9 heteroatoms. The van der Waals surface area contributed by atoms with Crippen molar-refractivity contribution < 1.29 is 19.2 Å². The number of amides is 4. The molecule has 0 radical (unpaired) electrons. The number of nitrogens with one attached hydrogen (secondary N) is 4. The average Bonchev–Trinajstić information content (AvgIpc) is 2.89. The summed E-state index contributed by atoms with van der Waals surface area (Å²) >= 11 is 1.56. The van der Waals surface area contributed by atoms with Gasteiger partial charge in [-0.1, -0.05) is 74.5 Å². The number of hydrogen-bond donors (Lipinski definition) is 4. The molecule has 3 unspecified atom stereocenters. The highest BCUT2D eigenvalue weighted by Gasteiger charge is 2.29. The molecule has 2 aromatic carbocycles. The number of carbonyl (C=O) groups excluding carboxylic acids is 4. The Hall–Kier alpha value is -3.33. The summed E-state index contributed by atoms with van der Waals surface area (Å²) in [5, 5.41) is 11.1. The Labute approximate surface area is 223 Å². The van der Waals surface area contributed by atoms with E-state index in [9.17, 15) is 19.2 Å². The van der Waals surface area contributed by atoms with E-state index in [0.717, 1.165) is 11.1 Å². The molecule has 0 aliphatic carbocycles. The fraction of sp³-hybridized carbons (Fsp3) is 0.429. The van der Waals surface area contributed by atoms with Gasteiger partial charge >= 0.3 is 0 Å². The van der Waals surface area contributed by atoms with E-state index in [2.05, 4.69) is 21.3 Å². The summed E-state index contributed by atoms with van der Waals surface area (Å²) in [6.45, 7) is 4.24. The standard InChI is InChI=1S/C28H38N4O4S/c1-20(2)16-24(31-27(35)23(30-19-33)14-15-37-3)28(36)32-25(17-21-10-6-4-7-11-21)26(34)29-18-22-12-8-5-9-13-22/h4-13,19-20,23-25H,14-18H2,1-3H3,(H,29,34)(H,30,33)(H,31,35)(H,32,36). The van der Waals surface area contributed by atoms with Crippen LogP contribution in [0.25, 0.3) is 0 Å². The molecule has 4 amide bonds. The lowest BCUT2D eigenvalue weighted by atomic mass is 10.0. The first-order valence-electron chi connectivity index (χ1n) is 12.5. The van der Waals surface area contributed by atoms with Crippen LogP contribution in [0.1, 0.15) is 37.8 Å². The van der Waals surface area contributed by atoms with Crippen LogP contribution in [0.15, 0.2) is 60.7 Å². The van der Waals surface area contributed by atoms with Gasteiger partial charge in [-0.25, -0.2) is 0 Å². The van der Waals surface area contributed by atoms with Crippen molar-refractivity contribution in [2.24, 2.45) is 5.92 Å². The molecular formula is C28H38N4O4S. The third-order valence-corrected chi connectivity index (χ3v) is 6.41. The first-order chi connectivity index (χ1) is 17.8. The third-order valence-electron chi connectivity index (χ3n) is 5.76. The van der Waals surface area contributed by atoms with Gasteiger partial charge in [0.05, 0.1) is 0 Å². The van der Waals surface area contributed by atoms with E-state index < -0.39 is 29.9 Å². The number of benzene rings is 2. The highest BCUT2D eigenvalue weighted by Crippen LogP contribution is 2.10. The Kier molecular flexibility index (Phi) is 13.3. The van der Waals surface area contributed by atoms with E-state index in [1.165, 1.54) is 0 Å². The summed E-state index contributed by atoms with van der Waals surface area (Å²) in [7, 11) is 0. The quantitative estimate of drug-likeness (QED) is 0.251. The summed E-state index contributed by atoms with van der Waals surface area (Å²) < 4.78 is 0. The molecule has 0 saturated heterocycles. The molecule has 200 valence electrons. The molecule has 4 N–H and O–H groups in total. The maximum absolute atomic E-state index is 13.4. The second-order valence-electron chi connectivity index (χ2n) is 9.26. The highest BCUT2D eigenvalue weighted by molar-refractivity contribution is 7.98. The van der Waals surface area contributed by atoms with Crippen LogP contribution in [0.3, 0.4) is 0 Å². The van der Waals surface area contributed by atoms with Crippen LogP contribution < -0.4 is 21.3 Å². The summed E-state index contributed by atoms with van der Waals surface area (Å²) in [5.74, 6) is -0.376. The zero-order chi connectivity index (χ0) is 27.0. The molecule has 0 fully saturated rings. The van der Waals surface area contributed by atoms with Crippen LogP contribution >= 0.6 is 11.8 Å². The van der Waals surface area contributed by atoms with Crippen molar-refractivity contribution in [2.45, 2.75) is 57.8 Å². The Balaban J connectivity index is 2.16. The van der Waals surface area contributed by atoms with Gasteiger partial charge in [-0.2, -0.15) is 11.8 Å². The monoisotopic (exact) mass is 526 g/mol. The van der Waals surface area contributed by atoms with Crippen LogP contribution in [0.2, 0.25) is 0 Å². The molecule has 0 heterocycles. The largest absolute Gasteiger partial charge is 0.350 e. The Morgan fingerprint density at radius 3 is 1.95 bits per heavy atom. The predicted octanol–water partition coefficient (Wildman–Crippen LogP) is 2.43. The van der Waals surface area contributed by atoms with Gasteiger partial charge in [-0.15, -0.1) is 0 Å². The van der Waals surface area contributed by atoms with Crippen molar-refractivity contribution in [3.8, 4) is 0 Å². The number of rotatable bonds is 16. The topological polar surface area (TPSA) is 116 Å². The zero-order valence-corrected chi connectivity index (χ0v) is 22.6. The minimum Gasteiger partial charge on any atom is -0.350 e. The van der Waals surface area contributed by atoms with E-state index in [1.54, 1.807) is 11.8 Å². The second-order valence-corrected chi connectivity index (χ2v) is 10.2. The van der Waals surface area contributed by atoms with Crippen molar-refractivity contribution in [2.75, 3.05) is 12.0 Å². The Morgan fingerprint density at radius 2 is 1.38 bits per heavy atom. The molecular weight excluding hydrogens is 488 g/mol. The van der Waals surface area contributed by atoms with E-state index in [4.69, 9.17) is 0 Å². The van der Waals surface area contributed by atoms with E-state index in [1.807, 2.05) is 80.8 Å². The number of hydrogen-bond acceptors (Lipinski definition) is 5. The normalized spacial score (nSPS) is 13.2. The van der Waals surface area contributed by atoms with E-state index in [0.29, 0.717) is 38.0 Å². The molecule has 0 bridgehead atoms. The molecule has 0 aliphatic rings. The fourth-order valence-electron chi connectivity index (χ4n) is 3.82. The molecule has 0 spiro atoms. The van der Waals surface area contributed by atoms with E-state index >= 15 is 0 Å². The maximum Gasteiger partial charge on any atom is 0.243 e. The number of carbonyl (C=O) groups is 4. The van der Waals surface area contributed by atoms with Gasteiger partial charge in [0, 0.05) is 13.0 Å². The molecule has 37 heavy (non-hydrogen) atoms. The highest BCUT2D eigenvalue weighted by atomic mass is 32.2. The summed E-state index contributed by atoms with van der Waals surface area (Å²) in [6.07, 6.45) is 3.55. The van der Waals surface area contributed by atoms with Crippen molar-refractivity contribution in [3.63, 3.8) is 0 Å². The fourth-order valence-corrected chi connectivity index (χ4v) is 4.29. The van der Waals surface area contributed by atoms with Crippen molar-refractivity contribution in [3.05, 3.63) is 71.8 Å². The van der Waals surface area contributed by atoms with Gasteiger partial charge in [-0.05, 0) is 41.9 Å². The minimum atomic E-state index is -0.849. The molecule has 0 aliphatic heterocycles. The zero-order valence-electron chi connectivity index (χ0n) is 21.7. The molecule has 3 atom stereocenters. The van der Waals surface area contributed by atoms with Crippen LogP contribution in [0, 0.1) is 5.92 Å². The molecule has 2 aromatic rings. The van der Waals surface area contributed by atoms with Gasteiger partial charge in [-0.3, -0.25) is 19.2 Å². The molecule has 0 aromatic heterocycles. The smallest absolute Gasteiger partial charge is 0.243 e. The lowest BCUT2D eigenvalue weighted by Gasteiger charge is -2.26. The van der Waals surface area contributed by atoms with Gasteiger partial charge in [0.25, 0.3) is 0 Å². The van der Waals surface area contributed by atoms with Crippen LogP contribution in [0.4, 0.5) is 0 Å². The second kappa shape index (κ2) is 16.4. The minimum absolute atomic E-state index is 0.110. The Morgan fingerprint density at radius 1 is 0.811 bits per heavy atom.